The number of rotatable bonds is 2. The fraction of sp³-hybridized carbons (Fsp3) is 0.857. The molecule has 0 amide bonds. The maximum atomic E-state index is 5.95. The van der Waals surface area contributed by atoms with Gasteiger partial charge in [-0.1, -0.05) is 18.5 Å². The molecule has 3 aliphatic rings. The van der Waals surface area contributed by atoms with Gasteiger partial charge in [-0.2, -0.15) is 4.98 Å². The van der Waals surface area contributed by atoms with Crippen LogP contribution in [0.25, 0.3) is 0 Å². The van der Waals surface area contributed by atoms with Gasteiger partial charge >= 0.3 is 0 Å². The minimum Gasteiger partial charge on any atom is -0.367 e. The second kappa shape index (κ2) is 4.56. The van der Waals surface area contributed by atoms with E-state index in [9.17, 15) is 0 Å². The molecule has 0 radical (unpaired) electrons. The van der Waals surface area contributed by atoms with Gasteiger partial charge in [0.2, 0.25) is 11.7 Å². The topological polar surface area (TPSA) is 51.4 Å². The first-order valence-corrected chi connectivity index (χ1v) is 7.50. The molecule has 1 aliphatic carbocycles. The zero-order chi connectivity index (χ0) is 12.8. The quantitative estimate of drug-likeness (QED) is 0.818. The summed E-state index contributed by atoms with van der Waals surface area (Å²) in [7, 11) is 0. The van der Waals surface area contributed by atoms with Crippen molar-refractivity contribution < 1.29 is 9.26 Å². The maximum Gasteiger partial charge on any atom is 0.230 e. The van der Waals surface area contributed by atoms with Crippen LogP contribution in [0.15, 0.2) is 4.52 Å². The van der Waals surface area contributed by atoms with Crippen molar-refractivity contribution in [2.24, 2.45) is 5.92 Å². The Kier molecular flexibility index (Phi) is 2.84. The number of nitrogens with zero attached hydrogens (tertiary/aromatic N) is 3. The highest BCUT2D eigenvalue weighted by atomic mass is 16.5. The summed E-state index contributed by atoms with van der Waals surface area (Å²) in [5.41, 5.74) is 0. The van der Waals surface area contributed by atoms with E-state index in [1.165, 1.54) is 32.2 Å². The first kappa shape index (κ1) is 11.9. The zero-order valence-electron chi connectivity index (χ0n) is 11.4. The van der Waals surface area contributed by atoms with Crippen molar-refractivity contribution in [3.05, 3.63) is 11.7 Å². The van der Waals surface area contributed by atoms with Gasteiger partial charge in [-0.25, -0.2) is 0 Å². The van der Waals surface area contributed by atoms with E-state index < -0.39 is 0 Å². The third kappa shape index (κ3) is 2.19. The van der Waals surface area contributed by atoms with Crippen molar-refractivity contribution in [2.75, 3.05) is 19.7 Å². The summed E-state index contributed by atoms with van der Waals surface area (Å²) in [6, 6.07) is 0.611. The molecule has 0 bridgehead atoms. The molecule has 3 heterocycles. The molecule has 3 unspecified atom stereocenters. The predicted octanol–water partition coefficient (Wildman–Crippen LogP) is 2.12. The van der Waals surface area contributed by atoms with Crippen LogP contribution in [0, 0.1) is 5.92 Å². The Balaban J connectivity index is 1.45. The highest BCUT2D eigenvalue weighted by molar-refractivity contribution is 5.07. The summed E-state index contributed by atoms with van der Waals surface area (Å²) in [6.45, 7) is 5.15. The van der Waals surface area contributed by atoms with E-state index in [1.807, 2.05) is 0 Å². The fourth-order valence-corrected chi connectivity index (χ4v) is 3.33. The minimum absolute atomic E-state index is 0.000839. The van der Waals surface area contributed by atoms with Crippen molar-refractivity contribution in [3.63, 3.8) is 0 Å². The van der Waals surface area contributed by atoms with E-state index in [1.54, 1.807) is 0 Å². The Labute approximate surface area is 113 Å². The third-order valence-electron chi connectivity index (χ3n) is 4.81. The molecule has 2 aliphatic heterocycles. The van der Waals surface area contributed by atoms with Gasteiger partial charge in [-0.05, 0) is 31.7 Å². The highest BCUT2D eigenvalue weighted by Crippen LogP contribution is 2.46. The number of morpholine rings is 1. The van der Waals surface area contributed by atoms with Gasteiger partial charge < -0.3 is 9.26 Å². The van der Waals surface area contributed by atoms with Crippen LogP contribution in [0.5, 0.6) is 0 Å². The number of hydrogen-bond acceptors (Lipinski definition) is 5. The lowest BCUT2D eigenvalue weighted by atomic mass is 10.0. The third-order valence-corrected chi connectivity index (χ3v) is 4.81. The summed E-state index contributed by atoms with van der Waals surface area (Å²) in [5.74, 6) is 2.75. The molecule has 5 nitrogen and oxygen atoms in total. The molecule has 104 valence electrons. The molecule has 19 heavy (non-hydrogen) atoms. The van der Waals surface area contributed by atoms with Crippen molar-refractivity contribution in [1.29, 1.82) is 0 Å². The van der Waals surface area contributed by atoms with E-state index in [-0.39, 0.29) is 6.10 Å². The van der Waals surface area contributed by atoms with Gasteiger partial charge in [-0.15, -0.1) is 0 Å². The second-order valence-corrected chi connectivity index (χ2v) is 6.28. The van der Waals surface area contributed by atoms with E-state index in [4.69, 9.17) is 9.26 Å². The Morgan fingerprint density at radius 1 is 1.32 bits per heavy atom. The van der Waals surface area contributed by atoms with Gasteiger partial charge in [-0.3, -0.25) is 4.90 Å². The van der Waals surface area contributed by atoms with E-state index in [0.29, 0.717) is 17.9 Å². The molecule has 0 aromatic carbocycles. The molecule has 1 saturated carbocycles. The summed E-state index contributed by atoms with van der Waals surface area (Å²) >= 11 is 0. The van der Waals surface area contributed by atoms with Crippen LogP contribution < -0.4 is 0 Å². The summed E-state index contributed by atoms with van der Waals surface area (Å²) in [5, 5.41) is 4.14. The number of ether oxygens (including phenoxy) is 1. The molecule has 3 fully saturated rings. The van der Waals surface area contributed by atoms with Crippen LogP contribution in [-0.4, -0.2) is 40.8 Å². The SMILES string of the molecule is CC1CC1c1nc([C@H]2CN3CCCCC3CO2)no1. The lowest BCUT2D eigenvalue weighted by Gasteiger charge is -2.41. The zero-order valence-corrected chi connectivity index (χ0v) is 11.4. The lowest BCUT2D eigenvalue weighted by Crippen LogP contribution is -2.49. The molecule has 1 aromatic rings. The number of hydrogen-bond donors (Lipinski definition) is 0. The summed E-state index contributed by atoms with van der Waals surface area (Å²) < 4.78 is 11.3. The molecule has 0 spiro atoms. The molecule has 4 atom stereocenters. The highest BCUT2D eigenvalue weighted by Gasteiger charge is 2.40. The van der Waals surface area contributed by atoms with Gasteiger partial charge in [0.25, 0.3) is 0 Å². The van der Waals surface area contributed by atoms with Crippen LogP contribution in [-0.2, 0) is 4.74 Å². The standard InChI is InChI=1S/C14H21N3O2/c1-9-6-11(9)14-15-13(16-19-14)12-7-17-5-3-2-4-10(17)8-18-12/h9-12H,2-8H2,1H3/t9?,10?,11?,12-/m1/s1. The van der Waals surface area contributed by atoms with Crippen molar-refractivity contribution >= 4 is 0 Å². The van der Waals surface area contributed by atoms with E-state index >= 15 is 0 Å². The van der Waals surface area contributed by atoms with Gasteiger partial charge in [0.1, 0.15) is 6.10 Å². The molecule has 0 N–H and O–H groups in total. The maximum absolute atomic E-state index is 5.95. The van der Waals surface area contributed by atoms with E-state index in [0.717, 1.165) is 24.9 Å². The minimum atomic E-state index is 0.000839. The van der Waals surface area contributed by atoms with Crippen molar-refractivity contribution in [2.45, 2.75) is 50.7 Å². The van der Waals surface area contributed by atoms with Crippen molar-refractivity contribution in [3.8, 4) is 0 Å². The molecule has 2 saturated heterocycles. The summed E-state index contributed by atoms with van der Waals surface area (Å²) in [4.78, 5) is 7.09. The van der Waals surface area contributed by atoms with Gasteiger partial charge in [0.05, 0.1) is 6.61 Å². The number of piperidine rings is 1. The molecule has 4 rings (SSSR count). The van der Waals surface area contributed by atoms with E-state index in [2.05, 4.69) is 22.0 Å². The Hall–Kier alpha value is -0.940. The lowest BCUT2D eigenvalue weighted by molar-refractivity contribution is -0.0805. The fourth-order valence-electron chi connectivity index (χ4n) is 3.33. The predicted molar refractivity (Wildman–Crippen MR) is 68.7 cm³/mol. The first-order valence-electron chi connectivity index (χ1n) is 7.50. The average Bonchev–Trinajstić information content (AvgIpc) is 3.00. The Bertz CT molecular complexity index is 461. The molecule has 1 aromatic heterocycles. The van der Waals surface area contributed by atoms with Crippen LogP contribution in [0.4, 0.5) is 0 Å². The second-order valence-electron chi connectivity index (χ2n) is 6.28. The molecular formula is C14H21N3O2. The van der Waals surface area contributed by atoms with Crippen LogP contribution in [0.1, 0.15) is 56.3 Å². The van der Waals surface area contributed by atoms with Gasteiger partial charge in [0.15, 0.2) is 0 Å². The number of aromatic nitrogens is 2. The molecular weight excluding hydrogens is 242 g/mol. The van der Waals surface area contributed by atoms with Crippen LogP contribution in [0.2, 0.25) is 0 Å². The first-order chi connectivity index (χ1) is 9.31. The van der Waals surface area contributed by atoms with Crippen molar-refractivity contribution in [1.82, 2.24) is 15.0 Å². The smallest absolute Gasteiger partial charge is 0.230 e. The Morgan fingerprint density at radius 2 is 2.21 bits per heavy atom. The van der Waals surface area contributed by atoms with Crippen LogP contribution in [0.3, 0.4) is 0 Å². The Morgan fingerprint density at radius 3 is 3.05 bits per heavy atom. The normalized spacial score (nSPS) is 39.0. The monoisotopic (exact) mass is 263 g/mol. The largest absolute Gasteiger partial charge is 0.367 e. The molecule has 5 heteroatoms. The average molecular weight is 263 g/mol. The number of fused-ring (bicyclic) bond motifs is 1. The van der Waals surface area contributed by atoms with Gasteiger partial charge in [0, 0.05) is 18.5 Å². The summed E-state index contributed by atoms with van der Waals surface area (Å²) in [6.07, 6.45) is 5.09. The van der Waals surface area contributed by atoms with Crippen LogP contribution >= 0.6 is 0 Å².